The summed E-state index contributed by atoms with van der Waals surface area (Å²) in [5, 5.41) is 0. The van der Waals surface area contributed by atoms with E-state index < -0.39 is 0 Å². The maximum atomic E-state index is 13.4. The minimum atomic E-state index is -0.183. The second-order valence-corrected chi connectivity index (χ2v) is 4.19. The van der Waals surface area contributed by atoms with Gasteiger partial charge >= 0.3 is 0 Å². The highest BCUT2D eigenvalue weighted by Crippen LogP contribution is 2.19. The van der Waals surface area contributed by atoms with E-state index in [0.29, 0.717) is 17.8 Å². The summed E-state index contributed by atoms with van der Waals surface area (Å²) in [6.07, 6.45) is 0. The van der Waals surface area contributed by atoms with Crippen molar-refractivity contribution in [2.45, 2.75) is 13.5 Å². The molecule has 0 atom stereocenters. The van der Waals surface area contributed by atoms with E-state index in [1.807, 2.05) is 0 Å². The van der Waals surface area contributed by atoms with E-state index in [1.165, 1.54) is 0 Å². The Labute approximate surface area is 95.0 Å². The van der Waals surface area contributed by atoms with Crippen LogP contribution in [0.3, 0.4) is 0 Å². The molecule has 0 aromatic heterocycles. The highest BCUT2D eigenvalue weighted by atomic mass is 19.1. The number of rotatable bonds is 2. The first-order valence-corrected chi connectivity index (χ1v) is 5.51. The van der Waals surface area contributed by atoms with E-state index in [2.05, 4.69) is 4.90 Å². The van der Waals surface area contributed by atoms with E-state index in [-0.39, 0.29) is 5.82 Å². The first kappa shape index (κ1) is 11.4. The highest BCUT2D eigenvalue weighted by Gasteiger charge is 2.13. The molecule has 0 aliphatic carbocycles. The topological polar surface area (TPSA) is 38.5 Å². The van der Waals surface area contributed by atoms with E-state index in [4.69, 9.17) is 10.5 Å². The van der Waals surface area contributed by atoms with E-state index in [1.54, 1.807) is 19.1 Å². The number of halogens is 1. The molecule has 1 aliphatic heterocycles. The molecular weight excluding hydrogens is 207 g/mol. The molecule has 4 heteroatoms. The third-order valence-electron chi connectivity index (χ3n) is 2.92. The first-order chi connectivity index (χ1) is 7.66. The van der Waals surface area contributed by atoms with Gasteiger partial charge in [0.1, 0.15) is 5.82 Å². The summed E-state index contributed by atoms with van der Waals surface area (Å²) in [6, 6.07) is 3.24. The van der Waals surface area contributed by atoms with Crippen molar-refractivity contribution >= 4 is 5.69 Å². The molecule has 1 aromatic rings. The highest BCUT2D eigenvalue weighted by molar-refractivity contribution is 5.49. The van der Waals surface area contributed by atoms with Gasteiger partial charge in [0.15, 0.2) is 0 Å². The Hall–Kier alpha value is -1.13. The maximum absolute atomic E-state index is 13.4. The van der Waals surface area contributed by atoms with Crippen LogP contribution < -0.4 is 5.73 Å². The molecule has 1 saturated heterocycles. The van der Waals surface area contributed by atoms with Crippen LogP contribution in [0.2, 0.25) is 0 Å². The molecule has 1 aromatic carbocycles. The molecule has 0 radical (unpaired) electrons. The summed E-state index contributed by atoms with van der Waals surface area (Å²) >= 11 is 0. The summed E-state index contributed by atoms with van der Waals surface area (Å²) < 4.78 is 18.7. The van der Waals surface area contributed by atoms with Crippen molar-refractivity contribution in [3.05, 3.63) is 29.1 Å². The number of morpholine rings is 1. The number of aryl methyl sites for hydroxylation is 1. The molecule has 88 valence electrons. The summed E-state index contributed by atoms with van der Waals surface area (Å²) in [5.41, 5.74) is 8.02. The molecular formula is C12H17FN2O. The van der Waals surface area contributed by atoms with E-state index in [9.17, 15) is 4.39 Å². The maximum Gasteiger partial charge on any atom is 0.126 e. The SMILES string of the molecule is Cc1cc(N)c(CN2CCOCC2)cc1F. The number of nitrogen functional groups attached to an aromatic ring is 1. The molecule has 1 aliphatic rings. The van der Waals surface area contributed by atoms with Crippen molar-refractivity contribution in [3.8, 4) is 0 Å². The van der Waals surface area contributed by atoms with Gasteiger partial charge in [0.2, 0.25) is 0 Å². The zero-order valence-corrected chi connectivity index (χ0v) is 9.50. The fraction of sp³-hybridized carbons (Fsp3) is 0.500. The molecule has 1 heterocycles. The van der Waals surface area contributed by atoms with Gasteiger partial charge < -0.3 is 10.5 Å². The van der Waals surface area contributed by atoms with Crippen LogP contribution in [0.25, 0.3) is 0 Å². The normalized spacial score (nSPS) is 17.6. The molecule has 0 spiro atoms. The van der Waals surface area contributed by atoms with Gasteiger partial charge in [-0.3, -0.25) is 4.90 Å². The van der Waals surface area contributed by atoms with Crippen LogP contribution in [-0.4, -0.2) is 31.2 Å². The lowest BCUT2D eigenvalue weighted by atomic mass is 10.1. The van der Waals surface area contributed by atoms with Crippen molar-refractivity contribution < 1.29 is 9.13 Å². The summed E-state index contributed by atoms with van der Waals surface area (Å²) in [7, 11) is 0. The second-order valence-electron chi connectivity index (χ2n) is 4.19. The largest absolute Gasteiger partial charge is 0.398 e. The van der Waals surface area contributed by atoms with Crippen molar-refractivity contribution in [1.82, 2.24) is 4.90 Å². The van der Waals surface area contributed by atoms with Crippen molar-refractivity contribution in [1.29, 1.82) is 0 Å². The third-order valence-corrected chi connectivity index (χ3v) is 2.92. The van der Waals surface area contributed by atoms with Crippen LogP contribution in [0.15, 0.2) is 12.1 Å². The number of hydrogen-bond acceptors (Lipinski definition) is 3. The van der Waals surface area contributed by atoms with Crippen LogP contribution in [-0.2, 0) is 11.3 Å². The minimum absolute atomic E-state index is 0.183. The Morgan fingerprint density at radius 2 is 2.06 bits per heavy atom. The second kappa shape index (κ2) is 4.80. The fourth-order valence-corrected chi connectivity index (χ4v) is 1.88. The van der Waals surface area contributed by atoms with Gasteiger partial charge in [-0.1, -0.05) is 0 Å². The molecule has 1 fully saturated rings. The lowest BCUT2D eigenvalue weighted by Gasteiger charge is -2.27. The summed E-state index contributed by atoms with van der Waals surface area (Å²) in [6.45, 7) is 5.68. The molecule has 16 heavy (non-hydrogen) atoms. The van der Waals surface area contributed by atoms with Gasteiger partial charge in [0.25, 0.3) is 0 Å². The predicted octanol–water partition coefficient (Wildman–Crippen LogP) is 1.55. The lowest BCUT2D eigenvalue weighted by Crippen LogP contribution is -2.35. The zero-order valence-electron chi connectivity index (χ0n) is 9.50. The van der Waals surface area contributed by atoms with E-state index >= 15 is 0 Å². The zero-order chi connectivity index (χ0) is 11.5. The molecule has 0 amide bonds. The average molecular weight is 224 g/mol. The monoisotopic (exact) mass is 224 g/mol. The fourth-order valence-electron chi connectivity index (χ4n) is 1.88. The van der Waals surface area contributed by atoms with Gasteiger partial charge in [-0.15, -0.1) is 0 Å². The number of nitrogens with zero attached hydrogens (tertiary/aromatic N) is 1. The smallest absolute Gasteiger partial charge is 0.126 e. The minimum Gasteiger partial charge on any atom is -0.398 e. The molecule has 2 N–H and O–H groups in total. The van der Waals surface area contributed by atoms with Crippen LogP contribution in [0.5, 0.6) is 0 Å². The van der Waals surface area contributed by atoms with Gasteiger partial charge in [-0.25, -0.2) is 4.39 Å². The molecule has 0 unspecified atom stereocenters. The average Bonchev–Trinajstić information content (AvgIpc) is 2.27. The summed E-state index contributed by atoms with van der Waals surface area (Å²) in [5.74, 6) is -0.183. The number of hydrogen-bond donors (Lipinski definition) is 1. The Kier molecular flexibility index (Phi) is 3.41. The standard InChI is InChI=1S/C12H17FN2O/c1-9-6-12(14)10(7-11(9)13)8-15-2-4-16-5-3-15/h6-7H,2-5,8,14H2,1H3. The molecule has 2 rings (SSSR count). The Morgan fingerprint density at radius 1 is 1.38 bits per heavy atom. The molecule has 3 nitrogen and oxygen atoms in total. The summed E-state index contributed by atoms with van der Waals surface area (Å²) in [4.78, 5) is 2.23. The van der Waals surface area contributed by atoms with Gasteiger partial charge in [0.05, 0.1) is 13.2 Å². The van der Waals surface area contributed by atoms with Crippen molar-refractivity contribution in [2.75, 3.05) is 32.0 Å². The van der Waals surface area contributed by atoms with Gasteiger partial charge in [-0.05, 0) is 30.2 Å². The predicted molar refractivity (Wildman–Crippen MR) is 61.6 cm³/mol. The number of nitrogens with two attached hydrogens (primary N) is 1. The number of anilines is 1. The van der Waals surface area contributed by atoms with Crippen LogP contribution in [0, 0.1) is 12.7 Å². The van der Waals surface area contributed by atoms with Crippen LogP contribution in [0.4, 0.5) is 10.1 Å². The Morgan fingerprint density at radius 3 is 2.75 bits per heavy atom. The van der Waals surface area contributed by atoms with Gasteiger partial charge in [-0.2, -0.15) is 0 Å². The Balaban J connectivity index is 2.11. The van der Waals surface area contributed by atoms with Crippen LogP contribution in [0.1, 0.15) is 11.1 Å². The van der Waals surface area contributed by atoms with E-state index in [0.717, 1.165) is 31.9 Å². The Bertz CT molecular complexity index is 376. The molecule has 0 saturated carbocycles. The van der Waals surface area contributed by atoms with Crippen LogP contribution >= 0.6 is 0 Å². The van der Waals surface area contributed by atoms with Gasteiger partial charge in [0, 0.05) is 25.3 Å². The number of ether oxygens (including phenoxy) is 1. The lowest BCUT2D eigenvalue weighted by molar-refractivity contribution is 0.0342. The number of benzene rings is 1. The third kappa shape index (κ3) is 2.51. The molecule has 0 bridgehead atoms. The quantitative estimate of drug-likeness (QED) is 0.775. The van der Waals surface area contributed by atoms with Crippen molar-refractivity contribution in [2.24, 2.45) is 0 Å². The van der Waals surface area contributed by atoms with Crippen molar-refractivity contribution in [3.63, 3.8) is 0 Å². The first-order valence-electron chi connectivity index (χ1n) is 5.51.